The van der Waals surface area contributed by atoms with E-state index in [2.05, 4.69) is 20.6 Å². The lowest BCUT2D eigenvalue weighted by atomic mass is 10.2. The number of aromatic nitrogens is 3. The van der Waals surface area contributed by atoms with E-state index in [0.717, 1.165) is 27.1 Å². The molecule has 5 aromatic rings. The largest absolute Gasteiger partial charge is 0.487 e. The molecular weight excluding hydrogens is 450 g/mol. The molecule has 3 heterocycles. The summed E-state index contributed by atoms with van der Waals surface area (Å²) in [6, 6.07) is 16.4. The van der Waals surface area contributed by atoms with Crippen molar-refractivity contribution in [3.63, 3.8) is 0 Å². The fraction of sp³-hybridized carbons (Fsp3) is 0.120. The minimum atomic E-state index is -0.261. The van der Waals surface area contributed by atoms with Crippen LogP contribution in [0.1, 0.15) is 28.5 Å². The van der Waals surface area contributed by atoms with Gasteiger partial charge in [0.2, 0.25) is 5.91 Å². The number of nitrogens with one attached hydrogen (secondary N) is 2. The number of ether oxygens (including phenoxy) is 1. The number of aryl methyl sites for hydroxylation is 1. The van der Waals surface area contributed by atoms with Crippen molar-refractivity contribution in [2.75, 3.05) is 10.6 Å². The Balaban J connectivity index is 1.22. The van der Waals surface area contributed by atoms with E-state index in [1.54, 1.807) is 30.3 Å². The number of imidazole rings is 1. The maximum absolute atomic E-state index is 12.7. The van der Waals surface area contributed by atoms with Crippen molar-refractivity contribution < 1.29 is 14.3 Å². The molecule has 0 aliphatic heterocycles. The Morgan fingerprint density at radius 3 is 2.65 bits per heavy atom. The summed E-state index contributed by atoms with van der Waals surface area (Å²) in [6.07, 6.45) is 3.90. The van der Waals surface area contributed by atoms with Crippen LogP contribution in [0.25, 0.3) is 15.9 Å². The Morgan fingerprint density at radius 1 is 1.06 bits per heavy atom. The van der Waals surface area contributed by atoms with Crippen LogP contribution in [0.4, 0.5) is 10.8 Å². The summed E-state index contributed by atoms with van der Waals surface area (Å²) in [7, 11) is 0. The van der Waals surface area contributed by atoms with Gasteiger partial charge in [0.15, 0.2) is 5.13 Å². The third-order valence-electron chi connectivity index (χ3n) is 5.16. The Kier molecular flexibility index (Phi) is 5.69. The summed E-state index contributed by atoms with van der Waals surface area (Å²) in [6.45, 7) is 3.81. The molecule has 0 aliphatic rings. The van der Waals surface area contributed by atoms with Crippen molar-refractivity contribution in [3.05, 3.63) is 83.8 Å². The van der Waals surface area contributed by atoms with Crippen LogP contribution in [0, 0.1) is 6.92 Å². The van der Waals surface area contributed by atoms with Crippen molar-refractivity contribution in [3.8, 4) is 5.75 Å². The van der Waals surface area contributed by atoms with Crippen LogP contribution in [0.15, 0.2) is 67.0 Å². The Bertz CT molecular complexity index is 1520. The third kappa shape index (κ3) is 4.60. The van der Waals surface area contributed by atoms with Gasteiger partial charge >= 0.3 is 0 Å². The number of benzene rings is 2. The first kappa shape index (κ1) is 21.6. The third-order valence-corrected chi connectivity index (χ3v) is 6.09. The van der Waals surface area contributed by atoms with Crippen LogP contribution in [0.3, 0.4) is 0 Å². The van der Waals surface area contributed by atoms with E-state index in [-0.39, 0.29) is 11.8 Å². The van der Waals surface area contributed by atoms with E-state index in [9.17, 15) is 9.59 Å². The van der Waals surface area contributed by atoms with Crippen LogP contribution < -0.4 is 15.4 Å². The van der Waals surface area contributed by atoms with E-state index in [1.165, 1.54) is 18.3 Å². The molecule has 0 fully saturated rings. The molecule has 0 unspecified atom stereocenters. The normalized spacial score (nSPS) is 11.0. The lowest BCUT2D eigenvalue weighted by Gasteiger charge is -2.06. The second-order valence-electron chi connectivity index (χ2n) is 7.80. The number of thiazole rings is 1. The minimum Gasteiger partial charge on any atom is -0.487 e. The average molecular weight is 472 g/mol. The number of pyridine rings is 1. The molecule has 2 amide bonds. The standard InChI is InChI=1S/C25H21N5O3S/c1-15-4-3-11-30-13-19(27-23(15)30)14-33-20-8-5-17(6-9-20)24(32)29-25-28-21-10-7-18(26-16(2)31)12-22(21)34-25/h3-13H,14H2,1-2H3,(H,26,31)(H,28,29,32). The molecule has 34 heavy (non-hydrogen) atoms. The van der Waals surface area contributed by atoms with Crippen molar-refractivity contribution in [1.29, 1.82) is 0 Å². The van der Waals surface area contributed by atoms with Crippen LogP contribution in [0.2, 0.25) is 0 Å². The zero-order chi connectivity index (χ0) is 23.7. The van der Waals surface area contributed by atoms with Gasteiger partial charge in [0, 0.05) is 30.6 Å². The van der Waals surface area contributed by atoms with Gasteiger partial charge in [-0.15, -0.1) is 0 Å². The quantitative estimate of drug-likeness (QED) is 0.362. The fourth-order valence-electron chi connectivity index (χ4n) is 3.56. The number of hydrogen-bond donors (Lipinski definition) is 2. The van der Waals surface area contributed by atoms with Crippen molar-refractivity contribution >= 4 is 49.8 Å². The van der Waals surface area contributed by atoms with E-state index < -0.39 is 0 Å². The number of anilines is 2. The number of fused-ring (bicyclic) bond motifs is 2. The van der Waals surface area contributed by atoms with E-state index in [1.807, 2.05) is 48.0 Å². The maximum atomic E-state index is 12.7. The van der Waals surface area contributed by atoms with Crippen molar-refractivity contribution in [2.45, 2.75) is 20.5 Å². The summed E-state index contributed by atoms with van der Waals surface area (Å²) >= 11 is 1.35. The topological polar surface area (TPSA) is 97.6 Å². The summed E-state index contributed by atoms with van der Waals surface area (Å²) in [5.74, 6) is 0.248. The predicted octanol–water partition coefficient (Wildman–Crippen LogP) is 5.04. The molecule has 0 saturated carbocycles. The second-order valence-corrected chi connectivity index (χ2v) is 8.83. The smallest absolute Gasteiger partial charge is 0.257 e. The zero-order valence-electron chi connectivity index (χ0n) is 18.5. The lowest BCUT2D eigenvalue weighted by Crippen LogP contribution is -2.11. The lowest BCUT2D eigenvalue weighted by molar-refractivity contribution is -0.114. The number of amides is 2. The molecule has 170 valence electrons. The van der Waals surface area contributed by atoms with Crippen LogP contribution in [0.5, 0.6) is 5.75 Å². The highest BCUT2D eigenvalue weighted by Gasteiger charge is 2.11. The molecule has 0 bridgehead atoms. The first-order valence-corrected chi connectivity index (χ1v) is 11.4. The predicted molar refractivity (Wildman–Crippen MR) is 133 cm³/mol. The van der Waals surface area contributed by atoms with Gasteiger partial charge in [-0.25, -0.2) is 9.97 Å². The van der Waals surface area contributed by atoms with Crippen molar-refractivity contribution in [2.24, 2.45) is 0 Å². The van der Waals surface area contributed by atoms with E-state index in [4.69, 9.17) is 4.74 Å². The molecular formula is C25H21N5O3S. The molecule has 8 nitrogen and oxygen atoms in total. The van der Waals surface area contributed by atoms with Crippen LogP contribution >= 0.6 is 11.3 Å². The number of nitrogens with zero attached hydrogens (tertiary/aromatic N) is 3. The monoisotopic (exact) mass is 471 g/mol. The zero-order valence-corrected chi connectivity index (χ0v) is 19.3. The highest BCUT2D eigenvalue weighted by molar-refractivity contribution is 7.22. The number of rotatable bonds is 6. The second kappa shape index (κ2) is 8.95. The molecule has 3 aromatic heterocycles. The highest BCUT2D eigenvalue weighted by Crippen LogP contribution is 2.29. The van der Waals surface area contributed by atoms with Gasteiger partial charge in [0.05, 0.1) is 15.9 Å². The average Bonchev–Trinajstić information content (AvgIpc) is 3.41. The summed E-state index contributed by atoms with van der Waals surface area (Å²) < 4.78 is 8.69. The molecule has 2 aromatic carbocycles. The number of carbonyl (C=O) groups excluding carboxylic acids is 2. The SMILES string of the molecule is CC(=O)Nc1ccc2nc(NC(=O)c3ccc(OCc4cn5cccc(C)c5n4)cc3)sc2c1. The van der Waals surface area contributed by atoms with Crippen molar-refractivity contribution in [1.82, 2.24) is 14.4 Å². The van der Waals surface area contributed by atoms with Gasteiger partial charge in [0.25, 0.3) is 5.91 Å². The van der Waals surface area contributed by atoms with E-state index in [0.29, 0.717) is 28.7 Å². The molecule has 0 atom stereocenters. The summed E-state index contributed by atoms with van der Waals surface area (Å²) in [5.41, 5.74) is 4.78. The highest BCUT2D eigenvalue weighted by atomic mass is 32.1. The van der Waals surface area contributed by atoms with E-state index >= 15 is 0 Å². The first-order chi connectivity index (χ1) is 16.4. The van der Waals surface area contributed by atoms with Crippen LogP contribution in [-0.2, 0) is 11.4 Å². The summed E-state index contributed by atoms with van der Waals surface area (Å²) in [5, 5.41) is 6.06. The number of carbonyl (C=O) groups is 2. The fourth-order valence-corrected chi connectivity index (χ4v) is 4.46. The first-order valence-electron chi connectivity index (χ1n) is 10.6. The Hall–Kier alpha value is -4.24. The van der Waals surface area contributed by atoms with Gasteiger partial charge in [-0.3, -0.25) is 14.9 Å². The summed E-state index contributed by atoms with van der Waals surface area (Å²) in [4.78, 5) is 33.0. The van der Waals surface area contributed by atoms with Gasteiger partial charge in [-0.1, -0.05) is 17.4 Å². The van der Waals surface area contributed by atoms with Crippen LogP contribution in [-0.4, -0.2) is 26.2 Å². The molecule has 0 radical (unpaired) electrons. The molecule has 0 aliphatic carbocycles. The molecule has 0 spiro atoms. The van der Waals surface area contributed by atoms with Gasteiger partial charge < -0.3 is 14.5 Å². The van der Waals surface area contributed by atoms with Gasteiger partial charge in [-0.2, -0.15) is 0 Å². The molecule has 0 saturated heterocycles. The maximum Gasteiger partial charge on any atom is 0.257 e. The van der Waals surface area contributed by atoms with Gasteiger partial charge in [-0.05, 0) is 61.0 Å². The number of hydrogen-bond acceptors (Lipinski definition) is 6. The Morgan fingerprint density at radius 2 is 1.88 bits per heavy atom. The molecule has 9 heteroatoms. The molecule has 2 N–H and O–H groups in total. The van der Waals surface area contributed by atoms with Gasteiger partial charge in [0.1, 0.15) is 18.0 Å². The molecule has 5 rings (SSSR count). The Labute approximate surface area is 199 Å². The minimum absolute atomic E-state index is 0.140.